The predicted molar refractivity (Wildman–Crippen MR) is 83.0 cm³/mol. The van der Waals surface area contributed by atoms with Crippen LogP contribution in [-0.2, 0) is 4.74 Å². The number of pyridine rings is 1. The van der Waals surface area contributed by atoms with Gasteiger partial charge in [0, 0.05) is 11.2 Å². The van der Waals surface area contributed by atoms with Crippen molar-refractivity contribution < 1.29 is 19.0 Å². The fraction of sp³-hybridized carbons (Fsp3) is 0.200. The van der Waals surface area contributed by atoms with Crippen molar-refractivity contribution in [3.05, 3.63) is 52.3 Å². The molecule has 0 radical (unpaired) electrons. The number of ether oxygens (including phenoxy) is 3. The number of rotatable bonds is 6. The highest BCUT2D eigenvalue weighted by molar-refractivity contribution is 6.35. The second kappa shape index (κ2) is 7.87. The number of hydrogen-bond acceptors (Lipinski definition) is 5. The first-order valence-corrected chi connectivity index (χ1v) is 7.11. The molecule has 116 valence electrons. The van der Waals surface area contributed by atoms with Gasteiger partial charge >= 0.3 is 5.97 Å². The summed E-state index contributed by atoms with van der Waals surface area (Å²) in [6.07, 6.45) is 1.49. The van der Waals surface area contributed by atoms with Crippen LogP contribution in [0.15, 0.2) is 36.5 Å². The van der Waals surface area contributed by atoms with E-state index in [4.69, 9.17) is 32.7 Å². The van der Waals surface area contributed by atoms with E-state index in [-0.39, 0.29) is 18.9 Å². The fourth-order valence-electron chi connectivity index (χ4n) is 1.65. The lowest BCUT2D eigenvalue weighted by molar-refractivity contribution is 0.0588. The van der Waals surface area contributed by atoms with Gasteiger partial charge in [0.1, 0.15) is 19.0 Å². The molecule has 0 saturated heterocycles. The molecule has 0 aliphatic heterocycles. The zero-order valence-electron chi connectivity index (χ0n) is 11.7. The molecular formula is C15H13Cl2NO4. The van der Waals surface area contributed by atoms with Crippen LogP contribution in [0.25, 0.3) is 0 Å². The van der Waals surface area contributed by atoms with Crippen LogP contribution in [0.2, 0.25) is 10.0 Å². The number of carbonyl (C=O) groups excluding carboxylic acids is 1. The van der Waals surface area contributed by atoms with Gasteiger partial charge in [-0.3, -0.25) is 0 Å². The van der Waals surface area contributed by atoms with Gasteiger partial charge in [0.25, 0.3) is 0 Å². The van der Waals surface area contributed by atoms with E-state index >= 15 is 0 Å². The summed E-state index contributed by atoms with van der Waals surface area (Å²) in [5, 5.41) is 0.954. The van der Waals surface area contributed by atoms with Gasteiger partial charge in [0.15, 0.2) is 11.4 Å². The van der Waals surface area contributed by atoms with Crippen LogP contribution >= 0.6 is 23.2 Å². The Bertz CT molecular complexity index is 664. The molecule has 5 nitrogen and oxygen atoms in total. The minimum absolute atomic E-state index is 0.120. The van der Waals surface area contributed by atoms with Crippen LogP contribution in [0.4, 0.5) is 0 Å². The summed E-state index contributed by atoms with van der Waals surface area (Å²) >= 11 is 11.8. The van der Waals surface area contributed by atoms with E-state index in [1.165, 1.54) is 13.3 Å². The molecule has 1 aromatic heterocycles. The maximum atomic E-state index is 11.5. The molecule has 2 aromatic rings. The molecule has 0 aliphatic rings. The van der Waals surface area contributed by atoms with Crippen molar-refractivity contribution in [1.29, 1.82) is 0 Å². The Morgan fingerprint density at radius 1 is 1.14 bits per heavy atom. The largest absolute Gasteiger partial charge is 0.488 e. The lowest BCUT2D eigenvalue weighted by Crippen LogP contribution is -2.13. The number of methoxy groups -OCH3 is 1. The maximum absolute atomic E-state index is 11.5. The average Bonchev–Trinajstić information content (AvgIpc) is 2.53. The third-order valence-electron chi connectivity index (χ3n) is 2.64. The second-order valence-electron chi connectivity index (χ2n) is 4.11. The summed E-state index contributed by atoms with van der Waals surface area (Å²) in [5.74, 6) is 0.284. The van der Waals surface area contributed by atoms with E-state index in [0.29, 0.717) is 21.5 Å². The van der Waals surface area contributed by atoms with Crippen molar-refractivity contribution in [2.24, 2.45) is 0 Å². The van der Waals surface area contributed by atoms with Gasteiger partial charge in [-0.25, -0.2) is 9.78 Å². The summed E-state index contributed by atoms with van der Waals surface area (Å²) in [5.41, 5.74) is 0.120. The fourth-order valence-corrected chi connectivity index (χ4v) is 2.12. The van der Waals surface area contributed by atoms with Crippen molar-refractivity contribution in [3.8, 4) is 11.5 Å². The summed E-state index contributed by atoms with van der Waals surface area (Å²) < 4.78 is 15.6. The molecule has 0 N–H and O–H groups in total. The Morgan fingerprint density at radius 2 is 1.86 bits per heavy atom. The molecule has 0 amide bonds. The summed E-state index contributed by atoms with van der Waals surface area (Å²) in [4.78, 5) is 15.5. The van der Waals surface area contributed by atoms with Gasteiger partial charge in [-0.1, -0.05) is 23.2 Å². The quantitative estimate of drug-likeness (QED) is 0.593. The third-order valence-corrected chi connectivity index (χ3v) is 3.17. The summed E-state index contributed by atoms with van der Waals surface area (Å²) in [6, 6.07) is 8.25. The van der Waals surface area contributed by atoms with Gasteiger partial charge in [-0.2, -0.15) is 0 Å². The van der Waals surface area contributed by atoms with E-state index in [2.05, 4.69) is 9.72 Å². The number of hydrogen-bond donors (Lipinski definition) is 0. The first-order chi connectivity index (χ1) is 10.6. The topological polar surface area (TPSA) is 57.7 Å². The zero-order chi connectivity index (χ0) is 15.9. The molecule has 1 heterocycles. The van der Waals surface area contributed by atoms with Crippen molar-refractivity contribution in [2.75, 3.05) is 20.3 Å². The third kappa shape index (κ3) is 4.26. The van der Waals surface area contributed by atoms with Gasteiger partial charge in [0.05, 0.1) is 12.1 Å². The molecule has 0 atom stereocenters. The summed E-state index contributed by atoms with van der Waals surface area (Å²) in [6.45, 7) is 0.464. The SMILES string of the molecule is COC(=O)c1ncccc1OCCOc1ccc(Cl)cc1Cl. The van der Waals surface area contributed by atoms with E-state index in [1.807, 2.05) is 0 Å². The molecule has 0 aliphatic carbocycles. The highest BCUT2D eigenvalue weighted by Crippen LogP contribution is 2.27. The number of esters is 1. The van der Waals surface area contributed by atoms with Gasteiger partial charge in [-0.15, -0.1) is 0 Å². The van der Waals surface area contributed by atoms with Crippen LogP contribution in [0, 0.1) is 0 Å². The lowest BCUT2D eigenvalue weighted by Gasteiger charge is -2.11. The van der Waals surface area contributed by atoms with Crippen molar-refractivity contribution in [2.45, 2.75) is 0 Å². The monoisotopic (exact) mass is 341 g/mol. The van der Waals surface area contributed by atoms with Crippen LogP contribution in [-0.4, -0.2) is 31.3 Å². The first kappa shape index (κ1) is 16.4. The Balaban J connectivity index is 1.90. The van der Waals surface area contributed by atoms with Crippen molar-refractivity contribution in [1.82, 2.24) is 4.98 Å². The predicted octanol–water partition coefficient (Wildman–Crippen LogP) is 3.63. The molecule has 22 heavy (non-hydrogen) atoms. The van der Waals surface area contributed by atoms with Crippen LogP contribution in [0.5, 0.6) is 11.5 Å². The number of nitrogens with zero attached hydrogens (tertiary/aromatic N) is 1. The van der Waals surface area contributed by atoms with E-state index < -0.39 is 5.97 Å². The van der Waals surface area contributed by atoms with Crippen molar-refractivity contribution >= 4 is 29.2 Å². The zero-order valence-corrected chi connectivity index (χ0v) is 13.2. The van der Waals surface area contributed by atoms with Gasteiger partial charge < -0.3 is 14.2 Å². The number of benzene rings is 1. The minimum atomic E-state index is -0.558. The second-order valence-corrected chi connectivity index (χ2v) is 4.96. The molecule has 0 fully saturated rings. The molecule has 0 bridgehead atoms. The normalized spacial score (nSPS) is 10.1. The number of aromatic nitrogens is 1. The van der Waals surface area contributed by atoms with Gasteiger partial charge in [0.2, 0.25) is 0 Å². The maximum Gasteiger partial charge on any atom is 0.360 e. The van der Waals surface area contributed by atoms with Crippen LogP contribution < -0.4 is 9.47 Å². The number of carbonyl (C=O) groups is 1. The average molecular weight is 342 g/mol. The minimum Gasteiger partial charge on any atom is -0.488 e. The number of halogens is 2. The smallest absolute Gasteiger partial charge is 0.360 e. The van der Waals surface area contributed by atoms with E-state index in [1.54, 1.807) is 30.3 Å². The Kier molecular flexibility index (Phi) is 5.86. The Morgan fingerprint density at radius 3 is 2.55 bits per heavy atom. The molecule has 0 saturated carbocycles. The molecule has 0 unspecified atom stereocenters. The Hall–Kier alpha value is -1.98. The molecule has 0 spiro atoms. The lowest BCUT2D eigenvalue weighted by atomic mass is 10.3. The highest BCUT2D eigenvalue weighted by Gasteiger charge is 2.14. The van der Waals surface area contributed by atoms with Crippen molar-refractivity contribution in [3.63, 3.8) is 0 Å². The molecule has 7 heteroatoms. The first-order valence-electron chi connectivity index (χ1n) is 6.36. The molecule has 1 aromatic carbocycles. The van der Waals surface area contributed by atoms with Gasteiger partial charge in [-0.05, 0) is 30.3 Å². The molecular weight excluding hydrogens is 329 g/mol. The summed E-state index contributed by atoms with van der Waals surface area (Å²) in [7, 11) is 1.28. The van der Waals surface area contributed by atoms with E-state index in [9.17, 15) is 4.79 Å². The van der Waals surface area contributed by atoms with Crippen LogP contribution in [0.1, 0.15) is 10.5 Å². The highest BCUT2D eigenvalue weighted by atomic mass is 35.5. The van der Waals surface area contributed by atoms with E-state index in [0.717, 1.165) is 0 Å². The van der Waals surface area contributed by atoms with Crippen LogP contribution in [0.3, 0.4) is 0 Å². The standard InChI is InChI=1S/C15H13Cl2NO4/c1-20-15(19)14-13(3-2-6-18-14)22-8-7-21-12-5-4-10(16)9-11(12)17/h2-6,9H,7-8H2,1H3. The molecule has 2 rings (SSSR count). The Labute approximate surface area is 137 Å².